The van der Waals surface area contributed by atoms with Crippen LogP contribution in [0.25, 0.3) is 0 Å². The van der Waals surface area contributed by atoms with E-state index in [1.807, 2.05) is 0 Å². The number of hydrogen-bond donors (Lipinski definition) is 1. The molecule has 0 aromatic heterocycles. The quantitative estimate of drug-likeness (QED) is 0.756. The number of rotatable bonds is 8. The fourth-order valence-electron chi connectivity index (χ4n) is 3.48. The Hall–Kier alpha value is -2.01. The van der Waals surface area contributed by atoms with E-state index in [9.17, 15) is 9.59 Å². The Morgan fingerprint density at radius 1 is 1.27 bits per heavy atom. The Morgan fingerprint density at radius 2 is 2.00 bits per heavy atom. The average Bonchev–Trinajstić information content (AvgIpc) is 2.94. The Kier molecular flexibility index (Phi) is 6.20. The second-order valence-corrected chi connectivity index (χ2v) is 7.50. The van der Waals surface area contributed by atoms with Crippen LogP contribution >= 0.6 is 11.6 Å². The van der Waals surface area contributed by atoms with E-state index >= 15 is 0 Å². The molecule has 1 heterocycles. The lowest BCUT2D eigenvalue weighted by molar-refractivity contribution is -0.126. The first-order valence-electron chi connectivity index (χ1n) is 9.16. The van der Waals surface area contributed by atoms with Crippen molar-refractivity contribution in [2.45, 2.75) is 32.1 Å². The Balaban J connectivity index is 1.34. The number of hydrogen-bond acceptors (Lipinski definition) is 3. The summed E-state index contributed by atoms with van der Waals surface area (Å²) in [6.45, 7) is 5.21. The molecule has 1 atom stereocenters. The Labute approximate surface area is 159 Å². The molecule has 0 bridgehead atoms. The smallest absolute Gasteiger partial charge is 0.257 e. The molecular weight excluding hydrogens is 352 g/mol. The molecule has 1 N–H and O–H groups in total. The molecule has 26 heavy (non-hydrogen) atoms. The van der Waals surface area contributed by atoms with Crippen LogP contribution in [0.15, 0.2) is 36.5 Å². The molecule has 1 aliphatic heterocycles. The minimum atomic E-state index is -0.201. The molecule has 1 saturated carbocycles. The van der Waals surface area contributed by atoms with E-state index < -0.39 is 0 Å². The topological polar surface area (TPSA) is 58.6 Å². The summed E-state index contributed by atoms with van der Waals surface area (Å²) >= 11 is 5.80. The van der Waals surface area contributed by atoms with Crippen LogP contribution in [0.4, 0.5) is 0 Å². The highest BCUT2D eigenvalue weighted by molar-refractivity contribution is 6.30. The van der Waals surface area contributed by atoms with Crippen LogP contribution in [0.3, 0.4) is 0 Å². The van der Waals surface area contributed by atoms with Gasteiger partial charge < -0.3 is 15.0 Å². The van der Waals surface area contributed by atoms with Crippen molar-refractivity contribution in [1.82, 2.24) is 10.2 Å². The van der Waals surface area contributed by atoms with Crippen molar-refractivity contribution in [3.05, 3.63) is 41.6 Å². The number of nitrogens with one attached hydrogen (secondary N) is 1. The molecule has 2 aliphatic rings. The van der Waals surface area contributed by atoms with Crippen LogP contribution in [0.2, 0.25) is 5.02 Å². The van der Waals surface area contributed by atoms with Crippen LogP contribution in [0, 0.1) is 11.8 Å². The first kappa shape index (κ1) is 18.8. The summed E-state index contributed by atoms with van der Waals surface area (Å²) < 4.78 is 5.40. The van der Waals surface area contributed by atoms with Crippen molar-refractivity contribution in [3.63, 3.8) is 0 Å². The zero-order valence-corrected chi connectivity index (χ0v) is 15.6. The summed E-state index contributed by atoms with van der Waals surface area (Å²) in [6, 6.07) is 6.86. The van der Waals surface area contributed by atoms with Gasteiger partial charge in [0.05, 0.1) is 0 Å². The molecule has 5 nitrogen and oxygen atoms in total. The van der Waals surface area contributed by atoms with Gasteiger partial charge in [0.2, 0.25) is 5.91 Å². The van der Waals surface area contributed by atoms with Gasteiger partial charge in [-0.1, -0.05) is 37.4 Å². The predicted octanol–water partition coefficient (Wildman–Crippen LogP) is 3.39. The zero-order chi connectivity index (χ0) is 18.5. The normalized spacial score (nSPS) is 20.0. The molecule has 1 saturated heterocycles. The van der Waals surface area contributed by atoms with Crippen LogP contribution in [-0.2, 0) is 9.59 Å². The van der Waals surface area contributed by atoms with E-state index in [2.05, 4.69) is 11.9 Å². The van der Waals surface area contributed by atoms with Crippen molar-refractivity contribution >= 4 is 23.4 Å². The van der Waals surface area contributed by atoms with E-state index in [1.54, 1.807) is 29.2 Å². The van der Waals surface area contributed by atoms with Gasteiger partial charge in [-0.3, -0.25) is 9.59 Å². The lowest BCUT2D eigenvalue weighted by Gasteiger charge is -2.31. The number of likely N-dealkylation sites (tertiary alicyclic amines) is 1. The molecule has 2 amide bonds. The highest BCUT2D eigenvalue weighted by Gasteiger charge is 2.37. The lowest BCUT2D eigenvalue weighted by Crippen LogP contribution is -2.32. The van der Waals surface area contributed by atoms with Gasteiger partial charge in [0.1, 0.15) is 5.75 Å². The molecule has 0 spiro atoms. The van der Waals surface area contributed by atoms with E-state index in [4.69, 9.17) is 16.3 Å². The molecule has 1 aromatic rings. The third-order valence-corrected chi connectivity index (χ3v) is 5.52. The van der Waals surface area contributed by atoms with Crippen LogP contribution < -0.4 is 10.1 Å². The molecule has 0 radical (unpaired) electrons. The molecule has 1 aliphatic carbocycles. The molecule has 140 valence electrons. The van der Waals surface area contributed by atoms with Crippen LogP contribution in [-0.4, -0.2) is 36.4 Å². The van der Waals surface area contributed by atoms with E-state index in [0.717, 1.165) is 12.2 Å². The minimum Gasteiger partial charge on any atom is -0.484 e. The second-order valence-electron chi connectivity index (χ2n) is 7.07. The fraction of sp³-hybridized carbons (Fsp3) is 0.500. The van der Waals surface area contributed by atoms with Gasteiger partial charge in [0.25, 0.3) is 5.91 Å². The minimum absolute atomic E-state index is 0.0551. The largest absolute Gasteiger partial charge is 0.484 e. The third-order valence-electron chi connectivity index (χ3n) is 5.27. The number of ether oxygens (including phenoxy) is 1. The monoisotopic (exact) mass is 376 g/mol. The van der Waals surface area contributed by atoms with Gasteiger partial charge in [0, 0.05) is 36.7 Å². The second kappa shape index (κ2) is 8.58. The molecular formula is C20H25ClN2O3. The standard InChI is InChI=1S/C20H25ClN2O3/c1-14(23-12-16(11-20(23)25)15-3-2-4-15)9-10-22-19(24)13-26-18-7-5-17(21)6-8-18/h5-8,15-16H,1-4,9-13H2,(H,22,24). The number of carbonyl (C=O) groups is 2. The maximum Gasteiger partial charge on any atom is 0.257 e. The maximum atomic E-state index is 12.2. The summed E-state index contributed by atoms with van der Waals surface area (Å²) in [5, 5.41) is 3.42. The summed E-state index contributed by atoms with van der Waals surface area (Å²) in [4.78, 5) is 25.9. The third kappa shape index (κ3) is 4.79. The predicted molar refractivity (Wildman–Crippen MR) is 101 cm³/mol. The number of benzene rings is 1. The van der Waals surface area contributed by atoms with Crippen molar-refractivity contribution in [2.24, 2.45) is 11.8 Å². The highest BCUT2D eigenvalue weighted by atomic mass is 35.5. The van der Waals surface area contributed by atoms with E-state index in [0.29, 0.717) is 42.0 Å². The average molecular weight is 377 g/mol. The van der Waals surface area contributed by atoms with Crippen molar-refractivity contribution in [2.75, 3.05) is 19.7 Å². The van der Waals surface area contributed by atoms with Gasteiger partial charge >= 0.3 is 0 Å². The number of nitrogens with zero attached hydrogens (tertiary/aromatic N) is 1. The molecule has 1 unspecified atom stereocenters. The number of carbonyl (C=O) groups excluding carboxylic acids is 2. The molecule has 2 fully saturated rings. The summed E-state index contributed by atoms with van der Waals surface area (Å²) in [5.74, 6) is 1.76. The van der Waals surface area contributed by atoms with Gasteiger partial charge in [-0.15, -0.1) is 0 Å². The number of amides is 2. The first-order chi connectivity index (χ1) is 12.5. The lowest BCUT2D eigenvalue weighted by atomic mass is 9.75. The van der Waals surface area contributed by atoms with Crippen LogP contribution in [0.5, 0.6) is 5.75 Å². The molecule has 3 rings (SSSR count). The molecule has 6 heteroatoms. The number of halogens is 1. The van der Waals surface area contributed by atoms with E-state index in [-0.39, 0.29) is 18.4 Å². The summed E-state index contributed by atoms with van der Waals surface area (Å²) in [6.07, 6.45) is 5.01. The van der Waals surface area contributed by atoms with Crippen LogP contribution in [0.1, 0.15) is 32.1 Å². The van der Waals surface area contributed by atoms with Gasteiger partial charge in [-0.2, -0.15) is 0 Å². The van der Waals surface area contributed by atoms with Crippen molar-refractivity contribution < 1.29 is 14.3 Å². The SMILES string of the molecule is C=C(CCNC(=O)COc1ccc(Cl)cc1)N1CC(C2CCC2)CC1=O. The van der Waals surface area contributed by atoms with Gasteiger partial charge in [-0.05, 0) is 36.1 Å². The highest BCUT2D eigenvalue weighted by Crippen LogP contribution is 2.39. The zero-order valence-electron chi connectivity index (χ0n) is 14.9. The molecule has 1 aromatic carbocycles. The van der Waals surface area contributed by atoms with E-state index in [1.165, 1.54) is 19.3 Å². The summed E-state index contributed by atoms with van der Waals surface area (Å²) in [5.41, 5.74) is 0.788. The Bertz CT molecular complexity index is 670. The van der Waals surface area contributed by atoms with Crippen molar-refractivity contribution in [3.8, 4) is 5.75 Å². The first-order valence-corrected chi connectivity index (χ1v) is 9.54. The van der Waals surface area contributed by atoms with Crippen molar-refractivity contribution in [1.29, 1.82) is 0 Å². The van der Waals surface area contributed by atoms with Gasteiger partial charge in [-0.25, -0.2) is 0 Å². The summed E-state index contributed by atoms with van der Waals surface area (Å²) in [7, 11) is 0. The van der Waals surface area contributed by atoms with Gasteiger partial charge in [0.15, 0.2) is 6.61 Å². The maximum absolute atomic E-state index is 12.2. The Morgan fingerprint density at radius 3 is 2.65 bits per heavy atom. The fourth-order valence-corrected chi connectivity index (χ4v) is 3.61.